The lowest BCUT2D eigenvalue weighted by Crippen LogP contribution is -2.08. The summed E-state index contributed by atoms with van der Waals surface area (Å²) >= 11 is 0. The van der Waals surface area contributed by atoms with Gasteiger partial charge >= 0.3 is 0 Å². The number of rotatable bonds is 5. The second-order valence-electron chi connectivity index (χ2n) is 4.01. The second-order valence-corrected chi connectivity index (χ2v) is 4.01. The smallest absolute Gasteiger partial charge is 0.122 e. The van der Waals surface area contributed by atoms with Gasteiger partial charge in [0.25, 0.3) is 0 Å². The van der Waals surface area contributed by atoms with Crippen LogP contribution >= 0.6 is 0 Å². The Morgan fingerprint density at radius 1 is 1.38 bits per heavy atom. The summed E-state index contributed by atoms with van der Waals surface area (Å²) in [5.74, 6) is 0.977. The molecule has 0 heterocycles. The van der Waals surface area contributed by atoms with Gasteiger partial charge in [0, 0.05) is 12.6 Å². The minimum atomic E-state index is 0.186. The first-order chi connectivity index (χ1) is 7.83. The maximum Gasteiger partial charge on any atom is 0.122 e. The van der Waals surface area contributed by atoms with E-state index in [2.05, 4.69) is 6.07 Å². The number of ether oxygens (including phenoxy) is 2. The fraction of sp³-hybridized carbons (Fsp3) is 0.538. The van der Waals surface area contributed by atoms with Crippen LogP contribution in [0.25, 0.3) is 0 Å². The van der Waals surface area contributed by atoms with Crippen LogP contribution in [0.1, 0.15) is 30.5 Å². The molecule has 16 heavy (non-hydrogen) atoms. The zero-order chi connectivity index (χ0) is 11.4. The zero-order valence-corrected chi connectivity index (χ0v) is 9.74. The first-order valence-electron chi connectivity index (χ1n) is 5.91. The first kappa shape index (κ1) is 11.4. The summed E-state index contributed by atoms with van der Waals surface area (Å²) in [4.78, 5) is 0. The highest BCUT2D eigenvalue weighted by Gasteiger charge is 2.21. The van der Waals surface area contributed by atoms with Gasteiger partial charge in [-0.25, -0.2) is 0 Å². The van der Waals surface area contributed by atoms with Crippen molar-refractivity contribution in [1.82, 2.24) is 0 Å². The number of fused-ring (bicyclic) bond motifs is 1. The van der Waals surface area contributed by atoms with Crippen LogP contribution in [0.2, 0.25) is 0 Å². The molecule has 0 aliphatic heterocycles. The molecule has 2 N–H and O–H groups in total. The summed E-state index contributed by atoms with van der Waals surface area (Å²) in [5, 5.41) is 0. The maximum atomic E-state index is 6.01. The van der Waals surface area contributed by atoms with E-state index in [9.17, 15) is 0 Å². The Balaban J connectivity index is 2.00. The summed E-state index contributed by atoms with van der Waals surface area (Å²) in [6.07, 6.45) is 2.06. The summed E-state index contributed by atoms with van der Waals surface area (Å²) in [7, 11) is 0. The molecule has 0 aromatic heterocycles. The lowest BCUT2D eigenvalue weighted by molar-refractivity contribution is 0.110. The van der Waals surface area contributed by atoms with Crippen molar-refractivity contribution in [3.8, 4) is 5.75 Å². The first-order valence-corrected chi connectivity index (χ1v) is 5.91. The molecule has 1 aliphatic rings. The van der Waals surface area contributed by atoms with Crippen LogP contribution in [0.15, 0.2) is 18.2 Å². The highest BCUT2D eigenvalue weighted by Crippen LogP contribution is 2.35. The molecule has 0 bridgehead atoms. The van der Waals surface area contributed by atoms with Crippen molar-refractivity contribution < 1.29 is 9.47 Å². The van der Waals surface area contributed by atoms with E-state index in [4.69, 9.17) is 15.2 Å². The molecule has 1 aromatic carbocycles. The lowest BCUT2D eigenvalue weighted by Gasteiger charge is -2.11. The summed E-state index contributed by atoms with van der Waals surface area (Å²) in [6.45, 7) is 3.98. The minimum Gasteiger partial charge on any atom is -0.491 e. The Kier molecular flexibility index (Phi) is 3.80. The van der Waals surface area contributed by atoms with Gasteiger partial charge in [-0.2, -0.15) is 0 Å². The molecule has 88 valence electrons. The Labute approximate surface area is 96.5 Å². The minimum absolute atomic E-state index is 0.186. The van der Waals surface area contributed by atoms with Gasteiger partial charge in [0.05, 0.1) is 6.61 Å². The predicted molar refractivity (Wildman–Crippen MR) is 63.7 cm³/mol. The van der Waals surface area contributed by atoms with E-state index in [1.807, 2.05) is 19.1 Å². The molecule has 1 atom stereocenters. The van der Waals surface area contributed by atoms with Gasteiger partial charge in [-0.15, -0.1) is 0 Å². The SMILES string of the molecule is CCOCCOc1cccc2c1CCC2N. The average molecular weight is 221 g/mol. The highest BCUT2D eigenvalue weighted by atomic mass is 16.5. The fourth-order valence-corrected chi connectivity index (χ4v) is 2.14. The predicted octanol–water partition coefficient (Wildman–Crippen LogP) is 2.05. The molecule has 0 saturated carbocycles. The van der Waals surface area contributed by atoms with E-state index in [0.717, 1.165) is 25.2 Å². The summed E-state index contributed by atoms with van der Waals surface area (Å²) in [6, 6.07) is 6.32. The molecule has 0 amide bonds. The highest BCUT2D eigenvalue weighted by molar-refractivity contribution is 5.44. The van der Waals surface area contributed by atoms with Gasteiger partial charge in [0.15, 0.2) is 0 Å². The van der Waals surface area contributed by atoms with E-state index >= 15 is 0 Å². The zero-order valence-electron chi connectivity index (χ0n) is 9.74. The van der Waals surface area contributed by atoms with Crippen molar-refractivity contribution >= 4 is 0 Å². The third-order valence-electron chi connectivity index (χ3n) is 2.96. The molecule has 0 saturated heterocycles. The number of hydrogen-bond acceptors (Lipinski definition) is 3. The van der Waals surface area contributed by atoms with Crippen molar-refractivity contribution in [2.75, 3.05) is 19.8 Å². The number of benzene rings is 1. The molecule has 3 nitrogen and oxygen atoms in total. The van der Waals surface area contributed by atoms with Gasteiger partial charge in [-0.3, -0.25) is 0 Å². The van der Waals surface area contributed by atoms with Crippen LogP contribution in [-0.4, -0.2) is 19.8 Å². The van der Waals surface area contributed by atoms with Crippen LogP contribution in [0, 0.1) is 0 Å². The van der Waals surface area contributed by atoms with E-state index in [0.29, 0.717) is 13.2 Å². The van der Waals surface area contributed by atoms with E-state index < -0.39 is 0 Å². The van der Waals surface area contributed by atoms with Crippen LogP contribution < -0.4 is 10.5 Å². The lowest BCUT2D eigenvalue weighted by atomic mass is 10.1. The molecular formula is C13H19NO2. The molecule has 1 aromatic rings. The van der Waals surface area contributed by atoms with Crippen molar-refractivity contribution in [2.24, 2.45) is 5.73 Å². The van der Waals surface area contributed by atoms with E-state index in [1.165, 1.54) is 11.1 Å². The summed E-state index contributed by atoms with van der Waals surface area (Å²) < 4.78 is 11.0. The number of hydrogen-bond donors (Lipinski definition) is 1. The molecule has 0 radical (unpaired) electrons. The Morgan fingerprint density at radius 2 is 2.25 bits per heavy atom. The topological polar surface area (TPSA) is 44.5 Å². The third kappa shape index (κ3) is 2.36. The van der Waals surface area contributed by atoms with Gasteiger partial charge in [0.2, 0.25) is 0 Å². The molecule has 1 aliphatic carbocycles. The van der Waals surface area contributed by atoms with Crippen LogP contribution in [0.3, 0.4) is 0 Å². The second kappa shape index (κ2) is 5.32. The molecule has 0 fully saturated rings. The number of nitrogens with two attached hydrogens (primary N) is 1. The van der Waals surface area contributed by atoms with Crippen molar-refractivity contribution in [2.45, 2.75) is 25.8 Å². The monoisotopic (exact) mass is 221 g/mol. The van der Waals surface area contributed by atoms with Gasteiger partial charge in [-0.05, 0) is 37.0 Å². The van der Waals surface area contributed by atoms with Crippen LogP contribution in [-0.2, 0) is 11.2 Å². The van der Waals surface area contributed by atoms with Crippen molar-refractivity contribution in [1.29, 1.82) is 0 Å². The summed E-state index contributed by atoms with van der Waals surface area (Å²) in [5.41, 5.74) is 8.54. The normalized spacial score (nSPS) is 18.5. The Bertz CT molecular complexity index is 352. The maximum absolute atomic E-state index is 6.01. The molecule has 2 rings (SSSR count). The standard InChI is InChI=1S/C13H19NO2/c1-2-15-8-9-16-13-5-3-4-10-11(13)6-7-12(10)14/h3-5,12H,2,6-9,14H2,1H3. The van der Waals surface area contributed by atoms with E-state index in [1.54, 1.807) is 0 Å². The quantitative estimate of drug-likeness (QED) is 0.774. The van der Waals surface area contributed by atoms with E-state index in [-0.39, 0.29) is 6.04 Å². The molecular weight excluding hydrogens is 202 g/mol. The Hall–Kier alpha value is -1.06. The Morgan fingerprint density at radius 3 is 3.06 bits per heavy atom. The molecule has 3 heteroatoms. The average Bonchev–Trinajstić information content (AvgIpc) is 2.68. The van der Waals surface area contributed by atoms with Gasteiger partial charge in [0.1, 0.15) is 12.4 Å². The molecule has 0 spiro atoms. The fourth-order valence-electron chi connectivity index (χ4n) is 2.14. The third-order valence-corrected chi connectivity index (χ3v) is 2.96. The van der Waals surface area contributed by atoms with Gasteiger partial charge in [-0.1, -0.05) is 12.1 Å². The molecule has 1 unspecified atom stereocenters. The van der Waals surface area contributed by atoms with Crippen LogP contribution in [0.4, 0.5) is 0 Å². The van der Waals surface area contributed by atoms with Gasteiger partial charge < -0.3 is 15.2 Å². The van der Waals surface area contributed by atoms with Crippen molar-refractivity contribution in [3.63, 3.8) is 0 Å². The van der Waals surface area contributed by atoms with Crippen LogP contribution in [0.5, 0.6) is 5.75 Å². The van der Waals surface area contributed by atoms with Crippen molar-refractivity contribution in [3.05, 3.63) is 29.3 Å². The largest absolute Gasteiger partial charge is 0.491 e.